The zero-order valence-corrected chi connectivity index (χ0v) is 7.17. The number of H-pyrrole nitrogens is 1. The monoisotopic (exact) mass is 170 g/mol. The standard InChI is InChI=1S/C11H10N2/c1-2-5-9-8(4-1)11-10(13-9)6-3-7-12-11/h1-5,7,12-13H,6H2. The zero-order chi connectivity index (χ0) is 8.67. The summed E-state index contributed by atoms with van der Waals surface area (Å²) in [5.74, 6) is 0. The van der Waals surface area contributed by atoms with Crippen LogP contribution in [-0.4, -0.2) is 4.98 Å². The van der Waals surface area contributed by atoms with Gasteiger partial charge in [-0.2, -0.15) is 0 Å². The van der Waals surface area contributed by atoms with E-state index in [4.69, 9.17) is 0 Å². The summed E-state index contributed by atoms with van der Waals surface area (Å²) in [4.78, 5) is 3.40. The fourth-order valence-corrected chi connectivity index (χ4v) is 1.83. The zero-order valence-electron chi connectivity index (χ0n) is 7.17. The highest BCUT2D eigenvalue weighted by Gasteiger charge is 2.10. The summed E-state index contributed by atoms with van der Waals surface area (Å²) in [6.07, 6.45) is 5.12. The molecule has 2 heteroatoms. The van der Waals surface area contributed by atoms with Gasteiger partial charge in [0.25, 0.3) is 0 Å². The highest BCUT2D eigenvalue weighted by Crippen LogP contribution is 2.29. The van der Waals surface area contributed by atoms with Gasteiger partial charge in [-0.3, -0.25) is 0 Å². The lowest BCUT2D eigenvalue weighted by Crippen LogP contribution is -1.97. The number of rotatable bonds is 0. The Morgan fingerprint density at radius 2 is 2.08 bits per heavy atom. The van der Waals surface area contributed by atoms with E-state index in [-0.39, 0.29) is 0 Å². The lowest BCUT2D eigenvalue weighted by Gasteiger charge is -2.06. The molecule has 2 N–H and O–H groups in total. The molecule has 1 aromatic heterocycles. The van der Waals surface area contributed by atoms with Crippen molar-refractivity contribution in [1.29, 1.82) is 0 Å². The van der Waals surface area contributed by atoms with E-state index in [9.17, 15) is 0 Å². The molecule has 2 nitrogen and oxygen atoms in total. The molecule has 3 rings (SSSR count). The summed E-state index contributed by atoms with van der Waals surface area (Å²) in [7, 11) is 0. The van der Waals surface area contributed by atoms with Crippen molar-refractivity contribution in [2.45, 2.75) is 6.42 Å². The van der Waals surface area contributed by atoms with Gasteiger partial charge in [-0.1, -0.05) is 24.3 Å². The van der Waals surface area contributed by atoms with Crippen molar-refractivity contribution in [2.75, 3.05) is 5.32 Å². The fourth-order valence-electron chi connectivity index (χ4n) is 1.83. The topological polar surface area (TPSA) is 27.8 Å². The van der Waals surface area contributed by atoms with Crippen LogP contribution in [0.1, 0.15) is 5.69 Å². The molecule has 1 aromatic carbocycles. The van der Waals surface area contributed by atoms with Gasteiger partial charge >= 0.3 is 0 Å². The minimum atomic E-state index is 0.997. The normalized spacial score (nSPS) is 14.2. The Morgan fingerprint density at radius 3 is 3.08 bits per heavy atom. The van der Waals surface area contributed by atoms with Gasteiger partial charge in [0.2, 0.25) is 0 Å². The van der Waals surface area contributed by atoms with Crippen LogP contribution in [0.25, 0.3) is 10.9 Å². The number of aromatic amines is 1. The van der Waals surface area contributed by atoms with Crippen LogP contribution in [0.2, 0.25) is 0 Å². The Morgan fingerprint density at radius 1 is 1.15 bits per heavy atom. The number of benzene rings is 1. The van der Waals surface area contributed by atoms with E-state index < -0.39 is 0 Å². The summed E-state index contributed by atoms with van der Waals surface area (Å²) in [6.45, 7) is 0. The minimum Gasteiger partial charge on any atom is -0.360 e. The van der Waals surface area contributed by atoms with Gasteiger partial charge in [-0.05, 0) is 12.3 Å². The van der Waals surface area contributed by atoms with Crippen LogP contribution in [0.3, 0.4) is 0 Å². The third kappa shape index (κ3) is 0.886. The van der Waals surface area contributed by atoms with Gasteiger partial charge < -0.3 is 10.3 Å². The first kappa shape index (κ1) is 6.78. The molecule has 0 bridgehead atoms. The molecule has 0 atom stereocenters. The van der Waals surface area contributed by atoms with E-state index in [1.807, 2.05) is 6.20 Å². The lowest BCUT2D eigenvalue weighted by atomic mass is 10.1. The molecule has 0 amide bonds. The average Bonchev–Trinajstić information content (AvgIpc) is 2.56. The van der Waals surface area contributed by atoms with Crippen molar-refractivity contribution in [1.82, 2.24) is 4.98 Å². The van der Waals surface area contributed by atoms with Crippen LogP contribution in [0.5, 0.6) is 0 Å². The van der Waals surface area contributed by atoms with E-state index >= 15 is 0 Å². The molecule has 0 saturated heterocycles. The Labute approximate surface area is 76.3 Å². The summed E-state index contributed by atoms with van der Waals surface area (Å²) >= 11 is 0. The number of para-hydroxylation sites is 1. The van der Waals surface area contributed by atoms with Crippen LogP contribution in [0, 0.1) is 0 Å². The largest absolute Gasteiger partial charge is 0.360 e. The number of fused-ring (bicyclic) bond motifs is 3. The molecule has 0 fully saturated rings. The maximum atomic E-state index is 3.40. The molecule has 64 valence electrons. The van der Waals surface area contributed by atoms with E-state index in [0.717, 1.165) is 6.42 Å². The van der Waals surface area contributed by atoms with Crippen molar-refractivity contribution >= 4 is 16.6 Å². The van der Waals surface area contributed by atoms with Gasteiger partial charge in [0.1, 0.15) is 0 Å². The summed E-state index contributed by atoms with van der Waals surface area (Å²) in [5.41, 5.74) is 3.73. The molecule has 0 aliphatic carbocycles. The van der Waals surface area contributed by atoms with Gasteiger partial charge in [0.05, 0.1) is 5.69 Å². The molecule has 1 aliphatic heterocycles. The molecular formula is C11H10N2. The first-order chi connectivity index (χ1) is 6.45. The van der Waals surface area contributed by atoms with E-state index in [0.29, 0.717) is 0 Å². The number of allylic oxidation sites excluding steroid dienone is 1. The third-order valence-electron chi connectivity index (χ3n) is 2.45. The molecule has 0 unspecified atom stereocenters. The van der Waals surface area contributed by atoms with Crippen molar-refractivity contribution in [3.63, 3.8) is 0 Å². The number of hydrogen-bond acceptors (Lipinski definition) is 1. The average molecular weight is 170 g/mol. The van der Waals surface area contributed by atoms with E-state index in [1.54, 1.807) is 0 Å². The molecule has 0 radical (unpaired) electrons. The minimum absolute atomic E-state index is 0.997. The molecule has 0 spiro atoms. The van der Waals surface area contributed by atoms with Gasteiger partial charge in [-0.15, -0.1) is 0 Å². The SMILES string of the molecule is C1=CNc2c([nH]c3ccccc23)C1. The van der Waals surface area contributed by atoms with Gasteiger partial charge in [0, 0.05) is 23.0 Å². The Bertz CT molecular complexity index is 480. The number of anilines is 1. The van der Waals surface area contributed by atoms with Crippen LogP contribution in [0.4, 0.5) is 5.69 Å². The maximum Gasteiger partial charge on any atom is 0.0673 e. The van der Waals surface area contributed by atoms with Crippen molar-refractivity contribution < 1.29 is 0 Å². The van der Waals surface area contributed by atoms with Gasteiger partial charge in [0.15, 0.2) is 0 Å². The third-order valence-corrected chi connectivity index (χ3v) is 2.45. The summed E-state index contributed by atoms with van der Waals surface area (Å²) in [6, 6.07) is 8.36. The second-order valence-corrected chi connectivity index (χ2v) is 3.27. The fraction of sp³-hybridized carbons (Fsp3) is 0.0909. The quantitative estimate of drug-likeness (QED) is 0.625. The maximum absolute atomic E-state index is 3.40. The number of aromatic nitrogens is 1. The van der Waals surface area contributed by atoms with E-state index in [2.05, 4.69) is 40.6 Å². The molecule has 2 heterocycles. The van der Waals surface area contributed by atoms with Crippen LogP contribution >= 0.6 is 0 Å². The Hall–Kier alpha value is -1.70. The second kappa shape index (κ2) is 2.39. The predicted molar refractivity (Wildman–Crippen MR) is 54.8 cm³/mol. The van der Waals surface area contributed by atoms with E-state index in [1.165, 1.54) is 22.3 Å². The molecule has 1 aliphatic rings. The lowest BCUT2D eigenvalue weighted by molar-refractivity contribution is 1.15. The first-order valence-electron chi connectivity index (χ1n) is 4.46. The van der Waals surface area contributed by atoms with Crippen LogP contribution < -0.4 is 5.32 Å². The van der Waals surface area contributed by atoms with Crippen molar-refractivity contribution in [3.8, 4) is 0 Å². The summed E-state index contributed by atoms with van der Waals surface area (Å²) < 4.78 is 0. The molecular weight excluding hydrogens is 160 g/mol. The first-order valence-corrected chi connectivity index (χ1v) is 4.46. The van der Waals surface area contributed by atoms with Crippen molar-refractivity contribution in [3.05, 3.63) is 42.2 Å². The van der Waals surface area contributed by atoms with Crippen molar-refractivity contribution in [2.24, 2.45) is 0 Å². The number of nitrogens with one attached hydrogen (secondary N) is 2. The smallest absolute Gasteiger partial charge is 0.0673 e. The summed E-state index contributed by atoms with van der Waals surface area (Å²) in [5, 5.41) is 4.55. The highest BCUT2D eigenvalue weighted by molar-refractivity contribution is 5.95. The Kier molecular flexibility index (Phi) is 1.25. The second-order valence-electron chi connectivity index (χ2n) is 3.27. The van der Waals surface area contributed by atoms with Crippen LogP contribution in [0.15, 0.2) is 36.5 Å². The van der Waals surface area contributed by atoms with Crippen LogP contribution in [-0.2, 0) is 6.42 Å². The Balaban J connectivity index is 2.37. The molecule has 0 saturated carbocycles. The highest BCUT2D eigenvalue weighted by atomic mass is 14.9. The molecule has 13 heavy (non-hydrogen) atoms. The number of hydrogen-bond donors (Lipinski definition) is 2. The predicted octanol–water partition coefficient (Wildman–Crippen LogP) is 2.65. The molecule has 2 aromatic rings. The van der Waals surface area contributed by atoms with Gasteiger partial charge in [-0.25, -0.2) is 0 Å².